The molecule has 2 saturated heterocycles. The van der Waals surface area contributed by atoms with Gasteiger partial charge in [-0.1, -0.05) is 36.3 Å². The molecule has 0 atom stereocenters. The van der Waals surface area contributed by atoms with Crippen molar-refractivity contribution in [1.29, 1.82) is 0 Å². The molecule has 2 aliphatic rings. The van der Waals surface area contributed by atoms with Gasteiger partial charge in [-0.15, -0.1) is 0 Å². The third kappa shape index (κ3) is 6.17. The molecule has 7 nitrogen and oxygen atoms in total. The van der Waals surface area contributed by atoms with Crippen molar-refractivity contribution in [2.45, 2.75) is 52.5 Å². The van der Waals surface area contributed by atoms with Crippen LogP contribution in [0, 0.1) is 18.8 Å². The normalized spacial score (nSPS) is 19.3. The first kappa shape index (κ1) is 22.9. The van der Waals surface area contributed by atoms with Gasteiger partial charge in [0.1, 0.15) is 0 Å². The van der Waals surface area contributed by atoms with E-state index in [1.165, 1.54) is 25.9 Å². The van der Waals surface area contributed by atoms with Crippen LogP contribution in [-0.2, 0) is 11.3 Å². The van der Waals surface area contributed by atoms with Gasteiger partial charge in [-0.05, 0) is 83.2 Å². The number of aryl methyl sites for hydroxylation is 1. The van der Waals surface area contributed by atoms with Gasteiger partial charge in [0.15, 0.2) is 0 Å². The van der Waals surface area contributed by atoms with Gasteiger partial charge < -0.3 is 14.7 Å². The Morgan fingerprint density at radius 3 is 2.56 bits per heavy atom. The lowest BCUT2D eigenvalue weighted by atomic mass is 9.96. The zero-order chi connectivity index (χ0) is 22.3. The van der Waals surface area contributed by atoms with Crippen LogP contribution in [0.1, 0.15) is 50.5 Å². The van der Waals surface area contributed by atoms with Gasteiger partial charge in [0, 0.05) is 18.0 Å². The Hall–Kier alpha value is -2.25. The molecule has 0 saturated carbocycles. The van der Waals surface area contributed by atoms with Crippen molar-refractivity contribution in [2.75, 3.05) is 39.3 Å². The zero-order valence-electron chi connectivity index (χ0n) is 19.6. The molecule has 0 aliphatic carbocycles. The minimum absolute atomic E-state index is 0.118. The summed E-state index contributed by atoms with van der Waals surface area (Å²) in [6, 6.07) is 8.06. The number of benzene rings is 1. The molecule has 0 unspecified atom stereocenters. The van der Waals surface area contributed by atoms with E-state index in [0.717, 1.165) is 62.5 Å². The molecule has 1 aromatic carbocycles. The van der Waals surface area contributed by atoms with E-state index in [4.69, 9.17) is 4.52 Å². The first-order valence-corrected chi connectivity index (χ1v) is 12.2. The van der Waals surface area contributed by atoms with Gasteiger partial charge in [-0.3, -0.25) is 9.69 Å². The monoisotopic (exact) mass is 439 g/mol. The maximum Gasteiger partial charge on any atom is 0.241 e. The molecular formula is C25H37N5O2. The highest BCUT2D eigenvalue weighted by Crippen LogP contribution is 2.22. The lowest BCUT2D eigenvalue weighted by Gasteiger charge is -2.31. The standard InChI is InChI=1S/C25H37N5O2/c1-19-8-14-29(15-9-19)13-5-12-26-25(31)21-10-16-30(17-11-21)18-23-27-24(28-32-23)22-7-4-3-6-20(22)2/h3-4,6-7,19,21H,5,8-18H2,1-2H3,(H,26,31). The number of piperidine rings is 2. The Bertz CT molecular complexity index is 867. The van der Waals surface area contributed by atoms with E-state index in [1.54, 1.807) is 0 Å². The lowest BCUT2D eigenvalue weighted by molar-refractivity contribution is -0.126. The number of aromatic nitrogens is 2. The minimum atomic E-state index is 0.118. The molecule has 32 heavy (non-hydrogen) atoms. The van der Waals surface area contributed by atoms with Crippen molar-refractivity contribution in [3.8, 4) is 11.4 Å². The molecule has 4 rings (SSSR count). The summed E-state index contributed by atoms with van der Waals surface area (Å²) in [5.41, 5.74) is 2.14. The molecule has 174 valence electrons. The van der Waals surface area contributed by atoms with Crippen molar-refractivity contribution in [3.63, 3.8) is 0 Å². The molecule has 0 spiro atoms. The van der Waals surface area contributed by atoms with Gasteiger partial charge in [-0.2, -0.15) is 4.98 Å². The number of likely N-dealkylation sites (tertiary alicyclic amines) is 2. The average molecular weight is 440 g/mol. The Kier molecular flexibility index (Phi) is 7.92. The number of carbonyl (C=O) groups is 1. The summed E-state index contributed by atoms with van der Waals surface area (Å²) in [7, 11) is 0. The van der Waals surface area contributed by atoms with E-state index in [1.807, 2.05) is 18.2 Å². The highest BCUT2D eigenvalue weighted by Gasteiger charge is 2.26. The fourth-order valence-corrected chi connectivity index (χ4v) is 4.74. The lowest BCUT2D eigenvalue weighted by Crippen LogP contribution is -2.41. The third-order valence-corrected chi connectivity index (χ3v) is 7.00. The number of carbonyl (C=O) groups excluding carboxylic acids is 1. The zero-order valence-corrected chi connectivity index (χ0v) is 19.6. The number of amides is 1. The summed E-state index contributed by atoms with van der Waals surface area (Å²) < 4.78 is 5.49. The van der Waals surface area contributed by atoms with Gasteiger partial charge >= 0.3 is 0 Å². The smallest absolute Gasteiger partial charge is 0.241 e. The number of nitrogens with zero attached hydrogens (tertiary/aromatic N) is 4. The fraction of sp³-hybridized carbons (Fsp3) is 0.640. The summed E-state index contributed by atoms with van der Waals surface area (Å²) in [4.78, 5) is 22.0. The van der Waals surface area contributed by atoms with Gasteiger partial charge in [0.05, 0.1) is 6.54 Å². The van der Waals surface area contributed by atoms with E-state index in [9.17, 15) is 4.79 Å². The summed E-state index contributed by atoms with van der Waals surface area (Å²) in [6.07, 6.45) is 5.42. The molecule has 2 aliphatic heterocycles. The van der Waals surface area contributed by atoms with Crippen LogP contribution >= 0.6 is 0 Å². The van der Waals surface area contributed by atoms with Crippen LogP contribution in [-0.4, -0.2) is 65.1 Å². The van der Waals surface area contributed by atoms with Crippen LogP contribution < -0.4 is 5.32 Å². The Balaban J connectivity index is 1.14. The van der Waals surface area contributed by atoms with Crippen LogP contribution in [0.15, 0.2) is 28.8 Å². The molecule has 2 aromatic rings. The number of rotatable bonds is 8. The Morgan fingerprint density at radius 2 is 1.81 bits per heavy atom. The molecule has 1 N–H and O–H groups in total. The highest BCUT2D eigenvalue weighted by atomic mass is 16.5. The predicted molar refractivity (Wildman–Crippen MR) is 125 cm³/mol. The molecule has 2 fully saturated rings. The van der Waals surface area contributed by atoms with E-state index < -0.39 is 0 Å². The van der Waals surface area contributed by atoms with Crippen LogP contribution in [0.25, 0.3) is 11.4 Å². The second kappa shape index (κ2) is 11.1. The maximum atomic E-state index is 12.6. The van der Waals surface area contributed by atoms with Gasteiger partial charge in [0.2, 0.25) is 17.6 Å². The molecule has 1 aromatic heterocycles. The molecule has 0 radical (unpaired) electrons. The first-order valence-electron chi connectivity index (χ1n) is 12.2. The third-order valence-electron chi connectivity index (χ3n) is 7.00. The largest absolute Gasteiger partial charge is 0.356 e. The van der Waals surface area contributed by atoms with Crippen molar-refractivity contribution in [2.24, 2.45) is 11.8 Å². The van der Waals surface area contributed by atoms with Gasteiger partial charge in [-0.25, -0.2) is 0 Å². The first-order chi connectivity index (χ1) is 15.6. The topological polar surface area (TPSA) is 74.5 Å². The van der Waals surface area contributed by atoms with Crippen molar-refractivity contribution in [3.05, 3.63) is 35.7 Å². The van der Waals surface area contributed by atoms with E-state index >= 15 is 0 Å². The summed E-state index contributed by atoms with van der Waals surface area (Å²) in [6.45, 7) is 11.1. The maximum absolute atomic E-state index is 12.6. The van der Waals surface area contributed by atoms with Gasteiger partial charge in [0.25, 0.3) is 0 Å². The fourth-order valence-electron chi connectivity index (χ4n) is 4.74. The van der Waals surface area contributed by atoms with E-state index in [0.29, 0.717) is 18.3 Å². The summed E-state index contributed by atoms with van der Waals surface area (Å²) in [5.74, 6) is 2.49. The minimum Gasteiger partial charge on any atom is -0.356 e. The van der Waals surface area contributed by atoms with Crippen LogP contribution in [0.4, 0.5) is 0 Å². The predicted octanol–water partition coefficient (Wildman–Crippen LogP) is 3.50. The summed E-state index contributed by atoms with van der Waals surface area (Å²) in [5, 5.41) is 7.32. The van der Waals surface area contributed by atoms with E-state index in [-0.39, 0.29) is 11.8 Å². The Morgan fingerprint density at radius 1 is 1.09 bits per heavy atom. The van der Waals surface area contributed by atoms with Crippen LogP contribution in [0.3, 0.4) is 0 Å². The molecular weight excluding hydrogens is 402 g/mol. The van der Waals surface area contributed by atoms with Crippen LogP contribution in [0.5, 0.6) is 0 Å². The second-order valence-corrected chi connectivity index (χ2v) is 9.55. The number of hydrogen-bond donors (Lipinski definition) is 1. The second-order valence-electron chi connectivity index (χ2n) is 9.55. The van der Waals surface area contributed by atoms with Crippen molar-refractivity contribution in [1.82, 2.24) is 25.3 Å². The van der Waals surface area contributed by atoms with Crippen LogP contribution in [0.2, 0.25) is 0 Å². The van der Waals surface area contributed by atoms with E-state index in [2.05, 4.69) is 45.2 Å². The molecule has 0 bridgehead atoms. The quantitative estimate of drug-likeness (QED) is 0.635. The summed E-state index contributed by atoms with van der Waals surface area (Å²) >= 11 is 0. The highest BCUT2D eigenvalue weighted by molar-refractivity contribution is 5.78. The Labute approximate surface area is 191 Å². The van der Waals surface area contributed by atoms with Crippen molar-refractivity contribution >= 4 is 5.91 Å². The average Bonchev–Trinajstić information content (AvgIpc) is 3.27. The molecule has 1 amide bonds. The number of hydrogen-bond acceptors (Lipinski definition) is 6. The molecule has 3 heterocycles. The van der Waals surface area contributed by atoms with Crippen molar-refractivity contribution < 1.29 is 9.32 Å². The molecule has 7 heteroatoms. The number of nitrogens with one attached hydrogen (secondary N) is 1. The SMILES string of the molecule is Cc1ccccc1-c1noc(CN2CCC(C(=O)NCCCN3CCC(C)CC3)CC2)n1.